The summed E-state index contributed by atoms with van der Waals surface area (Å²) in [5.74, 6) is 0.595. The van der Waals surface area contributed by atoms with Crippen molar-refractivity contribution < 1.29 is 9.90 Å². The maximum Gasteiger partial charge on any atom is 0.308 e. The van der Waals surface area contributed by atoms with E-state index in [1.807, 2.05) is 12.1 Å². The Bertz CT molecular complexity index is 669. The van der Waals surface area contributed by atoms with Crippen molar-refractivity contribution >= 4 is 17.7 Å². The van der Waals surface area contributed by atoms with Crippen LogP contribution in [0.2, 0.25) is 0 Å². The van der Waals surface area contributed by atoms with E-state index in [1.165, 1.54) is 10.5 Å². The number of nitrogens with zero attached hydrogens (tertiary/aromatic N) is 3. The number of fused-ring (bicyclic) bond motifs is 1. The van der Waals surface area contributed by atoms with Crippen molar-refractivity contribution in [2.45, 2.75) is 30.7 Å². The van der Waals surface area contributed by atoms with Crippen molar-refractivity contribution in [1.82, 2.24) is 14.8 Å². The number of aromatic nitrogens is 3. The van der Waals surface area contributed by atoms with Crippen LogP contribution in [0.4, 0.5) is 0 Å². The Kier molecular flexibility index (Phi) is 3.96. The average Bonchev–Trinajstić information content (AvgIpc) is 2.89. The molecule has 110 valence electrons. The molecule has 1 aliphatic heterocycles. The fourth-order valence-corrected chi connectivity index (χ4v) is 3.27. The van der Waals surface area contributed by atoms with Crippen LogP contribution < -0.4 is 0 Å². The second-order valence-corrected chi connectivity index (χ2v) is 6.04. The first-order chi connectivity index (χ1) is 10.2. The molecule has 2 aromatic rings. The molecule has 0 fully saturated rings. The predicted molar refractivity (Wildman–Crippen MR) is 80.5 cm³/mol. The van der Waals surface area contributed by atoms with Crippen LogP contribution in [0.1, 0.15) is 23.6 Å². The van der Waals surface area contributed by atoms with E-state index in [1.54, 1.807) is 16.4 Å². The van der Waals surface area contributed by atoms with Crippen molar-refractivity contribution in [3.63, 3.8) is 0 Å². The quantitative estimate of drug-likeness (QED) is 0.877. The van der Waals surface area contributed by atoms with Crippen molar-refractivity contribution in [3.8, 4) is 0 Å². The van der Waals surface area contributed by atoms with Gasteiger partial charge in [0.1, 0.15) is 5.82 Å². The smallest absolute Gasteiger partial charge is 0.308 e. The van der Waals surface area contributed by atoms with Crippen LogP contribution in [0.25, 0.3) is 0 Å². The Balaban J connectivity index is 1.81. The third-order valence-corrected chi connectivity index (χ3v) is 4.63. The number of carboxylic acids is 1. The summed E-state index contributed by atoms with van der Waals surface area (Å²) in [7, 11) is 0. The number of thioether (sulfide) groups is 1. The molecule has 1 aromatic carbocycles. The van der Waals surface area contributed by atoms with E-state index in [0.29, 0.717) is 25.8 Å². The van der Waals surface area contributed by atoms with E-state index in [4.69, 9.17) is 5.11 Å². The average molecular weight is 303 g/mol. The highest BCUT2D eigenvalue weighted by molar-refractivity contribution is 7.98. The molecule has 3 rings (SSSR count). The highest BCUT2D eigenvalue weighted by Crippen LogP contribution is 2.23. The molecule has 21 heavy (non-hydrogen) atoms. The van der Waals surface area contributed by atoms with Crippen LogP contribution in [0.3, 0.4) is 0 Å². The Hall–Kier alpha value is -1.82. The Labute approximate surface area is 127 Å². The van der Waals surface area contributed by atoms with Gasteiger partial charge in [-0.1, -0.05) is 18.2 Å². The van der Waals surface area contributed by atoms with Crippen LogP contribution in [0.15, 0.2) is 29.2 Å². The van der Waals surface area contributed by atoms with Crippen LogP contribution in [-0.2, 0) is 24.2 Å². The van der Waals surface area contributed by atoms with E-state index in [2.05, 4.69) is 28.5 Å². The zero-order valence-corrected chi connectivity index (χ0v) is 12.6. The third-order valence-electron chi connectivity index (χ3n) is 3.79. The maximum atomic E-state index is 11.1. The molecule has 6 heteroatoms. The van der Waals surface area contributed by atoms with Crippen LogP contribution in [0.5, 0.6) is 0 Å². The third kappa shape index (κ3) is 2.95. The molecular weight excluding hydrogens is 286 g/mol. The normalized spacial score (nSPS) is 17.5. The number of aryl methyl sites for hydroxylation is 1. The van der Waals surface area contributed by atoms with Gasteiger partial charge in [-0.05, 0) is 24.3 Å². The van der Waals surface area contributed by atoms with Gasteiger partial charge >= 0.3 is 5.97 Å². The zero-order valence-electron chi connectivity index (χ0n) is 11.8. The largest absolute Gasteiger partial charge is 0.481 e. The van der Waals surface area contributed by atoms with Gasteiger partial charge < -0.3 is 5.11 Å². The van der Waals surface area contributed by atoms with Crippen molar-refractivity contribution in [3.05, 3.63) is 41.5 Å². The minimum atomic E-state index is -0.745. The number of benzene rings is 1. The van der Waals surface area contributed by atoms with Gasteiger partial charge in [0.2, 0.25) is 0 Å². The van der Waals surface area contributed by atoms with E-state index in [0.717, 1.165) is 11.6 Å². The lowest BCUT2D eigenvalue weighted by molar-refractivity contribution is -0.142. The van der Waals surface area contributed by atoms with E-state index < -0.39 is 5.97 Å². The van der Waals surface area contributed by atoms with Crippen LogP contribution in [0, 0.1) is 5.92 Å². The molecule has 0 aliphatic carbocycles. The number of rotatable bonds is 4. The van der Waals surface area contributed by atoms with E-state index in [9.17, 15) is 4.79 Å². The Morgan fingerprint density at radius 1 is 1.48 bits per heavy atom. The zero-order chi connectivity index (χ0) is 14.8. The van der Waals surface area contributed by atoms with Gasteiger partial charge in [0.15, 0.2) is 5.82 Å². The van der Waals surface area contributed by atoms with Crippen LogP contribution >= 0.6 is 11.8 Å². The maximum absolute atomic E-state index is 11.1. The van der Waals surface area contributed by atoms with Gasteiger partial charge in [0.25, 0.3) is 0 Å². The topological polar surface area (TPSA) is 68.0 Å². The van der Waals surface area contributed by atoms with Gasteiger partial charge in [-0.25, -0.2) is 9.67 Å². The summed E-state index contributed by atoms with van der Waals surface area (Å²) in [5, 5.41) is 13.6. The van der Waals surface area contributed by atoms with E-state index >= 15 is 0 Å². The van der Waals surface area contributed by atoms with E-state index in [-0.39, 0.29) is 5.92 Å². The van der Waals surface area contributed by atoms with Gasteiger partial charge in [0, 0.05) is 17.7 Å². The molecule has 1 atom stereocenters. The molecular formula is C15H17N3O2S. The molecule has 2 heterocycles. The molecule has 5 nitrogen and oxygen atoms in total. The molecule has 0 saturated heterocycles. The lowest BCUT2D eigenvalue weighted by atomic mass is 10.0. The van der Waals surface area contributed by atoms with Crippen LogP contribution in [-0.4, -0.2) is 32.1 Å². The van der Waals surface area contributed by atoms with Gasteiger partial charge in [0.05, 0.1) is 12.5 Å². The number of hydrogen-bond donors (Lipinski definition) is 1. The summed E-state index contributed by atoms with van der Waals surface area (Å²) in [6.45, 7) is 0.432. The molecule has 1 unspecified atom stereocenters. The first kappa shape index (κ1) is 14.1. The molecule has 0 bridgehead atoms. The SMILES string of the molecule is CSc1ccccc1Cc1nc2n(n1)CC(C(=O)O)CC2. The molecule has 0 amide bonds. The number of hydrogen-bond acceptors (Lipinski definition) is 4. The lowest BCUT2D eigenvalue weighted by Gasteiger charge is -2.18. The number of carbonyl (C=O) groups is 1. The van der Waals surface area contributed by atoms with Gasteiger partial charge in [-0.3, -0.25) is 4.79 Å². The highest BCUT2D eigenvalue weighted by atomic mass is 32.2. The lowest BCUT2D eigenvalue weighted by Crippen LogP contribution is -2.27. The predicted octanol–water partition coefficient (Wildman–Crippen LogP) is 2.24. The first-order valence-electron chi connectivity index (χ1n) is 6.94. The van der Waals surface area contributed by atoms with Gasteiger partial charge in [-0.15, -0.1) is 11.8 Å². The molecule has 1 aromatic heterocycles. The molecule has 1 aliphatic rings. The second-order valence-electron chi connectivity index (χ2n) is 5.19. The minimum absolute atomic E-state index is 0.342. The summed E-state index contributed by atoms with van der Waals surface area (Å²) in [6, 6.07) is 8.23. The fourth-order valence-electron chi connectivity index (χ4n) is 2.66. The number of carboxylic acid groups (broad SMARTS) is 1. The second kappa shape index (κ2) is 5.89. The van der Waals surface area contributed by atoms with Gasteiger partial charge in [-0.2, -0.15) is 5.10 Å². The Morgan fingerprint density at radius 2 is 2.29 bits per heavy atom. The monoisotopic (exact) mass is 303 g/mol. The molecule has 0 spiro atoms. The first-order valence-corrected chi connectivity index (χ1v) is 8.17. The highest BCUT2D eigenvalue weighted by Gasteiger charge is 2.26. The summed E-state index contributed by atoms with van der Waals surface area (Å²) >= 11 is 1.71. The summed E-state index contributed by atoms with van der Waals surface area (Å²) < 4.78 is 1.76. The molecule has 0 radical (unpaired) electrons. The number of aliphatic carboxylic acids is 1. The molecule has 0 saturated carbocycles. The van der Waals surface area contributed by atoms with Crippen molar-refractivity contribution in [1.29, 1.82) is 0 Å². The summed E-state index contributed by atoms with van der Waals surface area (Å²) in [6.07, 6.45) is 4.08. The van der Waals surface area contributed by atoms with Crippen molar-refractivity contribution in [2.75, 3.05) is 6.26 Å². The standard InChI is InChI=1S/C15H17N3O2S/c1-21-12-5-3-2-4-10(12)8-13-16-14-7-6-11(15(19)20)9-18(14)17-13/h2-5,11H,6-9H2,1H3,(H,19,20). The summed E-state index contributed by atoms with van der Waals surface area (Å²) in [4.78, 5) is 16.9. The fraction of sp³-hybridized carbons (Fsp3) is 0.400. The minimum Gasteiger partial charge on any atom is -0.481 e. The molecule has 1 N–H and O–H groups in total. The Morgan fingerprint density at radius 3 is 3.05 bits per heavy atom. The van der Waals surface area contributed by atoms with Crippen molar-refractivity contribution in [2.24, 2.45) is 5.92 Å². The summed E-state index contributed by atoms with van der Waals surface area (Å²) in [5.41, 5.74) is 1.21.